The predicted molar refractivity (Wildman–Crippen MR) is 138 cm³/mol. The van der Waals surface area contributed by atoms with Gasteiger partial charge in [0.15, 0.2) is 0 Å². The first-order chi connectivity index (χ1) is 16.3. The summed E-state index contributed by atoms with van der Waals surface area (Å²) < 4.78 is 0. The van der Waals surface area contributed by atoms with Gasteiger partial charge in [0.1, 0.15) is 5.54 Å². The fraction of sp³-hybridized carbons (Fsp3) is 0.207. The molecule has 0 bridgehead atoms. The topological polar surface area (TPSA) is 71.1 Å². The van der Waals surface area contributed by atoms with Crippen molar-refractivity contribution in [3.05, 3.63) is 95.6 Å². The molecule has 2 amide bonds. The highest BCUT2D eigenvalue weighted by molar-refractivity contribution is 6.10. The largest absolute Gasteiger partial charge is 0.338 e. The second-order valence-electron chi connectivity index (χ2n) is 8.80. The molecular formula is C29H29N3O2. The van der Waals surface area contributed by atoms with Crippen molar-refractivity contribution in [3.8, 4) is 11.3 Å². The molecule has 3 aromatic carbocycles. The van der Waals surface area contributed by atoms with E-state index in [-0.39, 0.29) is 11.8 Å². The highest BCUT2D eigenvalue weighted by atomic mass is 16.2. The van der Waals surface area contributed by atoms with Gasteiger partial charge >= 0.3 is 0 Å². The molecule has 0 saturated heterocycles. The van der Waals surface area contributed by atoms with Crippen LogP contribution in [0.1, 0.15) is 41.8 Å². The van der Waals surface area contributed by atoms with Crippen molar-refractivity contribution in [1.29, 1.82) is 0 Å². The van der Waals surface area contributed by atoms with E-state index in [9.17, 15) is 9.59 Å². The highest BCUT2D eigenvalue weighted by Crippen LogP contribution is 2.26. The van der Waals surface area contributed by atoms with E-state index in [1.165, 1.54) is 0 Å². The summed E-state index contributed by atoms with van der Waals surface area (Å²) in [4.78, 5) is 31.7. The maximum Gasteiger partial charge on any atom is 0.252 e. The number of nitrogens with one attached hydrogen (secondary N) is 2. The Kier molecular flexibility index (Phi) is 6.46. The van der Waals surface area contributed by atoms with Crippen LogP contribution < -0.4 is 10.6 Å². The third-order valence-corrected chi connectivity index (χ3v) is 6.35. The maximum absolute atomic E-state index is 13.6. The lowest BCUT2D eigenvalue weighted by atomic mass is 9.95. The van der Waals surface area contributed by atoms with Crippen LogP contribution in [-0.4, -0.2) is 22.3 Å². The summed E-state index contributed by atoms with van der Waals surface area (Å²) in [6.45, 7) is 7.57. The van der Waals surface area contributed by atoms with Crippen LogP contribution in [-0.2, 0) is 4.79 Å². The number of rotatable bonds is 6. The van der Waals surface area contributed by atoms with Crippen molar-refractivity contribution < 1.29 is 9.59 Å². The van der Waals surface area contributed by atoms with E-state index in [0.29, 0.717) is 17.7 Å². The lowest BCUT2D eigenvalue weighted by Crippen LogP contribution is -2.54. The predicted octanol–water partition coefficient (Wildman–Crippen LogP) is 6.06. The molecule has 0 spiro atoms. The Hall–Kier alpha value is -3.99. The standard InChI is InChI=1S/C29H29N3O2/c1-5-29(4,28(34)31-26-19(2)12-11-13-20(26)3)32-27(33)23-18-25(21-14-7-6-8-15-21)30-24-17-10-9-16-22(23)24/h6-18H,5H2,1-4H3,(H,31,34)(H,32,33)/t29-/m0/s1. The Bertz CT molecular complexity index is 1340. The first-order valence-electron chi connectivity index (χ1n) is 11.5. The van der Waals surface area contributed by atoms with Gasteiger partial charge in [0.05, 0.1) is 16.8 Å². The van der Waals surface area contributed by atoms with E-state index < -0.39 is 5.54 Å². The normalized spacial score (nSPS) is 12.7. The second kappa shape index (κ2) is 9.48. The number of anilines is 1. The number of para-hydroxylation sites is 2. The summed E-state index contributed by atoms with van der Waals surface area (Å²) in [6, 6.07) is 25.0. The zero-order chi connectivity index (χ0) is 24.3. The van der Waals surface area contributed by atoms with E-state index >= 15 is 0 Å². The van der Waals surface area contributed by atoms with E-state index in [0.717, 1.165) is 33.3 Å². The van der Waals surface area contributed by atoms with E-state index in [2.05, 4.69) is 10.6 Å². The molecule has 1 aromatic heterocycles. The average molecular weight is 452 g/mol. The molecule has 0 aliphatic rings. The van der Waals surface area contributed by atoms with E-state index in [1.807, 2.05) is 93.6 Å². The summed E-state index contributed by atoms with van der Waals surface area (Å²) in [5.41, 5.74) is 4.49. The van der Waals surface area contributed by atoms with Crippen molar-refractivity contribution in [2.45, 2.75) is 39.7 Å². The van der Waals surface area contributed by atoms with Crippen LogP contribution in [0.15, 0.2) is 78.9 Å². The van der Waals surface area contributed by atoms with Crippen molar-refractivity contribution >= 4 is 28.4 Å². The van der Waals surface area contributed by atoms with E-state index in [1.54, 1.807) is 13.0 Å². The third-order valence-electron chi connectivity index (χ3n) is 6.35. The van der Waals surface area contributed by atoms with Gasteiger partial charge in [0, 0.05) is 16.6 Å². The molecule has 1 atom stereocenters. The summed E-state index contributed by atoms with van der Waals surface area (Å²) in [5, 5.41) is 6.79. The molecule has 0 unspecified atom stereocenters. The van der Waals surface area contributed by atoms with Gasteiger partial charge in [0.25, 0.3) is 5.91 Å². The van der Waals surface area contributed by atoms with Crippen molar-refractivity contribution in [1.82, 2.24) is 10.3 Å². The minimum Gasteiger partial charge on any atom is -0.338 e. The van der Waals surface area contributed by atoms with Crippen LogP contribution in [0.5, 0.6) is 0 Å². The molecule has 34 heavy (non-hydrogen) atoms. The van der Waals surface area contributed by atoms with Gasteiger partial charge in [-0.25, -0.2) is 4.98 Å². The number of fused-ring (bicyclic) bond motifs is 1. The fourth-order valence-corrected chi connectivity index (χ4v) is 4.01. The number of amides is 2. The van der Waals surface area contributed by atoms with Crippen molar-refractivity contribution in [2.75, 3.05) is 5.32 Å². The van der Waals surface area contributed by atoms with Crippen molar-refractivity contribution in [2.24, 2.45) is 0 Å². The van der Waals surface area contributed by atoms with Gasteiger partial charge < -0.3 is 10.6 Å². The van der Waals surface area contributed by atoms with Gasteiger partial charge in [0.2, 0.25) is 5.91 Å². The number of hydrogen-bond donors (Lipinski definition) is 2. The summed E-state index contributed by atoms with van der Waals surface area (Å²) >= 11 is 0. The van der Waals surface area contributed by atoms with Crippen LogP contribution in [0.2, 0.25) is 0 Å². The van der Waals surface area contributed by atoms with Gasteiger partial charge in [-0.2, -0.15) is 0 Å². The zero-order valence-electron chi connectivity index (χ0n) is 20.0. The molecule has 0 aliphatic heterocycles. The number of aromatic nitrogens is 1. The third kappa shape index (κ3) is 4.55. The monoisotopic (exact) mass is 451 g/mol. The first kappa shape index (κ1) is 23.2. The molecule has 0 saturated carbocycles. The number of carbonyl (C=O) groups excluding carboxylic acids is 2. The van der Waals surface area contributed by atoms with Crippen LogP contribution in [0, 0.1) is 13.8 Å². The summed E-state index contributed by atoms with van der Waals surface area (Å²) in [6.07, 6.45) is 0.435. The van der Waals surface area contributed by atoms with Gasteiger partial charge in [-0.05, 0) is 50.5 Å². The molecule has 1 heterocycles. The smallest absolute Gasteiger partial charge is 0.252 e. The molecule has 0 radical (unpaired) electrons. The van der Waals surface area contributed by atoms with Gasteiger partial charge in [-0.1, -0.05) is 73.7 Å². The molecule has 4 aromatic rings. The summed E-state index contributed by atoms with van der Waals surface area (Å²) in [5.74, 6) is -0.556. The number of hydrogen-bond acceptors (Lipinski definition) is 3. The molecular weight excluding hydrogens is 422 g/mol. The average Bonchev–Trinajstić information content (AvgIpc) is 2.85. The number of pyridine rings is 1. The Morgan fingerprint density at radius 2 is 1.53 bits per heavy atom. The van der Waals surface area contributed by atoms with Crippen molar-refractivity contribution in [3.63, 3.8) is 0 Å². The molecule has 0 fully saturated rings. The minimum absolute atomic E-state index is 0.248. The first-order valence-corrected chi connectivity index (χ1v) is 11.5. The molecule has 172 valence electrons. The summed E-state index contributed by atoms with van der Waals surface area (Å²) in [7, 11) is 0. The van der Waals surface area contributed by atoms with E-state index in [4.69, 9.17) is 4.98 Å². The van der Waals surface area contributed by atoms with Crippen LogP contribution in [0.4, 0.5) is 5.69 Å². The molecule has 5 nitrogen and oxygen atoms in total. The minimum atomic E-state index is -1.09. The highest BCUT2D eigenvalue weighted by Gasteiger charge is 2.34. The molecule has 5 heteroatoms. The SMILES string of the molecule is CC[C@](C)(NC(=O)c1cc(-c2ccccc2)nc2ccccc12)C(=O)Nc1c(C)cccc1C. The zero-order valence-corrected chi connectivity index (χ0v) is 20.0. The van der Waals surface area contributed by atoms with Crippen LogP contribution in [0.25, 0.3) is 22.2 Å². The molecule has 2 N–H and O–H groups in total. The fourth-order valence-electron chi connectivity index (χ4n) is 4.01. The van der Waals surface area contributed by atoms with Gasteiger partial charge in [-0.3, -0.25) is 9.59 Å². The lowest BCUT2D eigenvalue weighted by molar-refractivity contribution is -0.121. The quantitative estimate of drug-likeness (QED) is 0.375. The molecule has 0 aliphatic carbocycles. The lowest BCUT2D eigenvalue weighted by Gasteiger charge is -2.29. The molecule has 4 rings (SSSR count). The Labute approximate surface area is 200 Å². The van der Waals surface area contributed by atoms with Crippen LogP contribution >= 0.6 is 0 Å². The van der Waals surface area contributed by atoms with Crippen LogP contribution in [0.3, 0.4) is 0 Å². The maximum atomic E-state index is 13.6. The number of aryl methyl sites for hydroxylation is 2. The Morgan fingerprint density at radius 3 is 2.21 bits per heavy atom. The Balaban J connectivity index is 1.69. The number of carbonyl (C=O) groups is 2. The second-order valence-corrected chi connectivity index (χ2v) is 8.80. The Morgan fingerprint density at radius 1 is 0.882 bits per heavy atom. The number of nitrogens with zero attached hydrogens (tertiary/aromatic N) is 1. The van der Waals surface area contributed by atoms with Gasteiger partial charge in [-0.15, -0.1) is 0 Å². The number of benzene rings is 3.